The normalized spacial score (nSPS) is 12.7. The predicted octanol–water partition coefficient (Wildman–Crippen LogP) is 4.68. The zero-order valence-electron chi connectivity index (χ0n) is 90.6. The van der Waals surface area contributed by atoms with Gasteiger partial charge in [0, 0.05) is 260 Å². The van der Waals surface area contributed by atoms with Gasteiger partial charge in [-0.15, -0.1) is 0 Å². The average Bonchev–Trinajstić information content (AvgIpc) is 0.778. The second kappa shape index (κ2) is 89.5. The summed E-state index contributed by atoms with van der Waals surface area (Å²) in [7, 11) is -18.2. The van der Waals surface area contributed by atoms with Gasteiger partial charge in [0.25, 0.3) is 0 Å². The van der Waals surface area contributed by atoms with Gasteiger partial charge in [-0.1, -0.05) is 0 Å². The van der Waals surface area contributed by atoms with Crippen LogP contribution in [0.25, 0.3) is 0 Å². The van der Waals surface area contributed by atoms with Gasteiger partial charge in [0.05, 0.1) is 79.3 Å². The van der Waals surface area contributed by atoms with E-state index in [0.717, 1.165) is 25.7 Å². The van der Waals surface area contributed by atoms with E-state index in [-0.39, 0.29) is 148 Å². The van der Waals surface area contributed by atoms with Crippen LogP contribution >= 0.6 is 0 Å². The first-order valence-corrected chi connectivity index (χ1v) is 64.5. The molecule has 0 heterocycles. The molecule has 141 heavy (non-hydrogen) atoms. The van der Waals surface area contributed by atoms with E-state index < -0.39 is 75.5 Å². The smallest absolute Gasteiger partial charge is 0.395 e. The van der Waals surface area contributed by atoms with E-state index in [1.54, 1.807) is 0 Å². The van der Waals surface area contributed by atoms with E-state index in [1.807, 2.05) is 134 Å². The Morgan fingerprint density at radius 2 is 0.376 bits per heavy atom. The molecule has 0 unspecified atom stereocenters. The van der Waals surface area contributed by atoms with Gasteiger partial charge in [-0.2, -0.15) is 0 Å². The molecule has 0 saturated carbocycles. The number of nitrogens with zero attached hydrogens (tertiary/aromatic N) is 6. The third-order valence-electron chi connectivity index (χ3n) is 23.3. The largest absolute Gasteiger partial charge is 0.500 e. The van der Waals surface area contributed by atoms with E-state index in [0.29, 0.717) is 285 Å². The highest BCUT2D eigenvalue weighted by Crippen LogP contribution is 2.42. The number of hydrogen-bond donors (Lipinski definition) is 14. The summed E-state index contributed by atoms with van der Waals surface area (Å²) >= 11 is 0. The molecule has 0 saturated heterocycles. The average molecular weight is 2150 g/mol. The van der Waals surface area contributed by atoms with Crippen molar-refractivity contribution in [2.24, 2.45) is 16.2 Å². The van der Waals surface area contributed by atoms with Gasteiger partial charge in [-0.25, -0.2) is 0 Å². The van der Waals surface area contributed by atoms with Crippen molar-refractivity contribution in [3.8, 4) is 0 Å². The Balaban J connectivity index is -0.00000204. The van der Waals surface area contributed by atoms with E-state index in [2.05, 4.69) is 20.4 Å². The summed E-state index contributed by atoms with van der Waals surface area (Å²) in [5, 5.41) is 122. The fraction of sp³-hybridized carbons (Fsp3) is 0.957. The second-order valence-corrected chi connectivity index (χ2v) is 49.8. The van der Waals surface area contributed by atoms with E-state index in [1.165, 1.54) is 9.80 Å². The van der Waals surface area contributed by atoms with E-state index in [9.17, 15) is 80.5 Å². The number of hydrogen-bond acceptors (Lipinski definition) is 38. The molecular weight excluding hydrogens is 1940 g/mol. The van der Waals surface area contributed by atoms with Crippen LogP contribution in [0.5, 0.6) is 0 Å². The quantitative estimate of drug-likeness (QED) is 0.0223. The summed E-state index contributed by atoms with van der Waals surface area (Å²) in [4.78, 5) is 68.7. The Hall–Kier alpha value is -2.18. The monoisotopic (exact) mass is 2150 g/mol. The van der Waals surface area contributed by atoms with Crippen molar-refractivity contribution in [3.05, 3.63) is 0 Å². The summed E-state index contributed by atoms with van der Waals surface area (Å²) in [6.07, 6.45) is 6.34. The third-order valence-corrected chi connectivity index (χ3v) is 42.3. The van der Waals surface area contributed by atoms with Crippen molar-refractivity contribution >= 4 is 76.5 Å². The lowest BCUT2D eigenvalue weighted by molar-refractivity contribution is -0.159. The molecule has 0 aromatic carbocycles. The minimum Gasteiger partial charge on any atom is -0.395 e. The minimum absolute atomic E-state index is 0.0167. The van der Waals surface area contributed by atoms with Gasteiger partial charge in [0.1, 0.15) is 10.8 Å². The molecule has 0 aromatic rings. The molecular formula is C93H204N8O34Si6. The Bertz CT molecular complexity index is 2600. The summed E-state index contributed by atoms with van der Waals surface area (Å²) < 4.78 is 110. The third kappa shape index (κ3) is 57.8. The number of carbonyl (C=O) groups is 4. The zero-order chi connectivity index (χ0) is 106. The first kappa shape index (κ1) is 143. The number of amides is 4. The molecule has 0 aromatic heterocycles. The summed E-state index contributed by atoms with van der Waals surface area (Å²) in [6.45, 7) is 46.2. The van der Waals surface area contributed by atoms with Crippen LogP contribution in [0.1, 0.15) is 215 Å². The molecule has 0 radical (unpaired) electrons. The van der Waals surface area contributed by atoms with Crippen LogP contribution in [0.15, 0.2) is 0 Å². The van der Waals surface area contributed by atoms with Crippen LogP contribution in [0.4, 0.5) is 0 Å². The van der Waals surface area contributed by atoms with Crippen LogP contribution in [0.3, 0.4) is 0 Å². The lowest BCUT2D eigenvalue weighted by Gasteiger charge is -2.43. The first-order valence-electron chi connectivity index (χ1n) is 52.9. The Morgan fingerprint density at radius 1 is 0.213 bits per heavy atom. The van der Waals surface area contributed by atoms with Crippen molar-refractivity contribution in [2.75, 3.05) is 316 Å². The Labute approximate surface area is 855 Å². The molecule has 4 amide bonds. The highest BCUT2D eigenvalue weighted by Gasteiger charge is 2.54. The highest BCUT2D eigenvalue weighted by atomic mass is 28.4. The number of aliphatic hydroxyl groups is 12. The van der Waals surface area contributed by atoms with Gasteiger partial charge in [0.2, 0.25) is 23.6 Å². The SMILES string of the molecule is CCO[Si](CCCC(CCC[Si](OCC)(OCC)OCC)(C(=O)N(CCO)CCO)C(=O)N(CCO)CCO)(OCC)OCC.CCO[Si](CCCC(CCC[Si](OCC)(OCC)OCC)(C(=O)NCCCN(CCO)CCO)C(=O)NCCCN(CCO)CCO)(OCC)OCC.CCO[Si](CCCC(CCC[Si](OCC)(OCC)OCC)(CN(CCO)CCO)CN(CCO)CCO)(OCC)OCC. The maximum absolute atomic E-state index is 14.5. The van der Waals surface area contributed by atoms with Gasteiger partial charge in [-0.3, -0.25) is 38.8 Å². The number of nitrogens with one attached hydrogen (secondary N) is 2. The van der Waals surface area contributed by atoms with Gasteiger partial charge in [0.15, 0.2) is 0 Å². The van der Waals surface area contributed by atoms with Crippen LogP contribution in [0, 0.1) is 16.2 Å². The molecule has 14 N–H and O–H groups in total. The lowest BCUT2D eigenvalue weighted by atomic mass is 9.76. The molecule has 0 aliphatic carbocycles. The molecule has 0 aliphatic heterocycles. The molecule has 48 heteroatoms. The lowest BCUT2D eigenvalue weighted by Crippen LogP contribution is -2.56. The van der Waals surface area contributed by atoms with Crippen molar-refractivity contribution in [1.29, 1.82) is 0 Å². The summed E-state index contributed by atoms with van der Waals surface area (Å²) in [6, 6.07) is 2.88. The fourth-order valence-corrected chi connectivity index (χ4v) is 33.6. The molecule has 844 valence electrons. The van der Waals surface area contributed by atoms with Crippen molar-refractivity contribution in [3.63, 3.8) is 0 Å². The Morgan fingerprint density at radius 3 is 0.546 bits per heavy atom. The Kier molecular flexibility index (Phi) is 90.7. The van der Waals surface area contributed by atoms with Crippen LogP contribution < -0.4 is 10.6 Å². The molecule has 0 fully saturated rings. The number of aliphatic hydroxyl groups excluding tert-OH is 12. The highest BCUT2D eigenvalue weighted by molar-refractivity contribution is 6.62. The van der Waals surface area contributed by atoms with E-state index in [4.69, 9.17) is 79.7 Å². The molecule has 42 nitrogen and oxygen atoms in total. The topological polar surface area (TPSA) is 521 Å². The van der Waals surface area contributed by atoms with Gasteiger partial charge in [-0.05, 0) is 233 Å². The first-order chi connectivity index (χ1) is 68.0. The summed E-state index contributed by atoms with van der Waals surface area (Å²) in [5.74, 6) is -1.88. The van der Waals surface area contributed by atoms with Crippen molar-refractivity contribution < 1.29 is 160 Å². The standard InChI is InChI=1S/C35H76N4O12Si2.C29H62N2O12Si2.C29H66N2O10Si2/c1-7-46-52(47-8-2,48-9-3)31-13-17-35(18-14-32-53(49-10-4,50-11-5)51-12-6,33(44)36-19-15-21-38(23-27-40)24-28-41)34(45)37-20-16-22-39(25-29-42)26-30-43;1-7-38-44(39-8-2,40-9-3)25-13-15-29(27(36)30(17-21-32)18-22-33,28(37)31(19-23-34)20-24-35)16-14-26-45(41-10-4,42-11-5)43-12-6;1-7-36-42(37-8-2,38-9-3)25-13-15-29(27-30(17-21-32)18-22-33,28-31(19-23-34)20-24-35)16-14-26-43(39-10-4,40-11-5)41-12-6/h40-43H,7-32H2,1-6H3,(H,36,44)(H,37,45);32-35H,7-26H2,1-6H3;32-35H,7-28H2,1-6H3. The minimum atomic E-state index is -3.14. The maximum atomic E-state index is 14.5. The van der Waals surface area contributed by atoms with E-state index >= 15 is 0 Å². The van der Waals surface area contributed by atoms with Crippen LogP contribution in [-0.4, -0.2) is 483 Å². The molecule has 0 spiro atoms. The molecule has 0 rings (SSSR count). The van der Waals surface area contributed by atoms with Crippen molar-refractivity contribution in [2.45, 2.75) is 251 Å². The summed E-state index contributed by atoms with van der Waals surface area (Å²) in [5.41, 5.74) is -3.46. The van der Waals surface area contributed by atoms with Crippen molar-refractivity contribution in [1.82, 2.24) is 40.0 Å². The number of carbonyl (C=O) groups excluding carboxylic acids is 4. The van der Waals surface area contributed by atoms with Crippen LogP contribution in [-0.2, 0) is 98.8 Å². The van der Waals surface area contributed by atoms with Crippen LogP contribution in [0.2, 0.25) is 36.3 Å². The molecule has 0 bridgehead atoms. The fourth-order valence-electron chi connectivity index (χ4n) is 18.0. The molecule has 0 aliphatic rings. The van der Waals surface area contributed by atoms with Gasteiger partial charge < -0.3 is 161 Å². The van der Waals surface area contributed by atoms with Gasteiger partial charge >= 0.3 is 52.8 Å². The second-order valence-electron chi connectivity index (χ2n) is 33.4. The molecule has 0 atom stereocenters. The number of rotatable bonds is 100. The maximum Gasteiger partial charge on any atom is 0.500 e. The zero-order valence-corrected chi connectivity index (χ0v) is 96.6. The predicted molar refractivity (Wildman–Crippen MR) is 555 cm³/mol.